The number of hydrogen-bond donors (Lipinski definition) is 1. The molecule has 0 aliphatic heterocycles. The summed E-state index contributed by atoms with van der Waals surface area (Å²) in [6.45, 7) is 2.04. The van der Waals surface area contributed by atoms with Gasteiger partial charge in [-0.1, -0.05) is 31.2 Å². The van der Waals surface area contributed by atoms with E-state index in [0.29, 0.717) is 11.4 Å². The smallest absolute Gasteiger partial charge is 0.196 e. The number of aromatic nitrogens is 2. The molecular formula is C19H18ClN3O2. The van der Waals surface area contributed by atoms with Crippen molar-refractivity contribution in [2.45, 2.75) is 13.3 Å². The van der Waals surface area contributed by atoms with Crippen LogP contribution in [0.4, 0.5) is 11.5 Å². The first-order chi connectivity index (χ1) is 11.8. The van der Waals surface area contributed by atoms with Crippen LogP contribution in [0.3, 0.4) is 0 Å². The Morgan fingerprint density at radius 3 is 2.60 bits per heavy atom. The lowest BCUT2D eigenvalue weighted by Crippen LogP contribution is -2.01. The standard InChI is InChI=1S/C19H17N3O2.ClH/c1-3-16-21-17-12-8-4-6-10-14(12)24-18(17)19(22-16)20-13-9-5-7-11-15(13)23-2;/h4-11H,3H2,1-2H3,(H,20,21,22);1H. The Morgan fingerprint density at radius 1 is 1.04 bits per heavy atom. The molecule has 0 unspecified atom stereocenters. The van der Waals surface area contributed by atoms with Gasteiger partial charge in [0.1, 0.15) is 22.7 Å². The molecule has 1 N–H and O–H groups in total. The molecule has 0 saturated heterocycles. The molecule has 0 fully saturated rings. The summed E-state index contributed by atoms with van der Waals surface area (Å²) in [5.41, 5.74) is 3.12. The van der Waals surface area contributed by atoms with Crippen LogP contribution in [0.2, 0.25) is 0 Å². The van der Waals surface area contributed by atoms with Gasteiger partial charge in [-0.05, 0) is 24.3 Å². The quantitative estimate of drug-likeness (QED) is 0.551. The zero-order valence-corrected chi connectivity index (χ0v) is 14.8. The number of anilines is 2. The first-order valence-electron chi connectivity index (χ1n) is 7.88. The molecule has 0 bridgehead atoms. The van der Waals surface area contributed by atoms with Crippen LogP contribution in [-0.2, 0) is 6.42 Å². The fourth-order valence-corrected chi connectivity index (χ4v) is 2.76. The molecule has 0 radical (unpaired) electrons. The second-order valence-electron chi connectivity index (χ2n) is 5.44. The van der Waals surface area contributed by atoms with Crippen LogP contribution in [0.25, 0.3) is 22.1 Å². The summed E-state index contributed by atoms with van der Waals surface area (Å²) in [5.74, 6) is 2.17. The van der Waals surface area contributed by atoms with E-state index < -0.39 is 0 Å². The lowest BCUT2D eigenvalue weighted by molar-refractivity contribution is 0.417. The van der Waals surface area contributed by atoms with Gasteiger partial charge in [-0.2, -0.15) is 0 Å². The number of methoxy groups -OCH3 is 1. The number of benzene rings is 2. The number of fused-ring (bicyclic) bond motifs is 3. The lowest BCUT2D eigenvalue weighted by atomic mass is 10.2. The molecule has 0 amide bonds. The maximum atomic E-state index is 6.00. The van der Waals surface area contributed by atoms with Crippen molar-refractivity contribution in [3.8, 4) is 5.75 Å². The van der Waals surface area contributed by atoms with Gasteiger partial charge in [0.15, 0.2) is 11.4 Å². The summed E-state index contributed by atoms with van der Waals surface area (Å²) < 4.78 is 11.4. The molecule has 5 nitrogen and oxygen atoms in total. The van der Waals surface area contributed by atoms with E-state index in [1.807, 2.05) is 55.5 Å². The highest BCUT2D eigenvalue weighted by molar-refractivity contribution is 6.06. The number of furan rings is 1. The van der Waals surface area contributed by atoms with E-state index in [0.717, 1.165) is 40.2 Å². The fraction of sp³-hybridized carbons (Fsp3) is 0.158. The van der Waals surface area contributed by atoms with E-state index in [4.69, 9.17) is 9.15 Å². The number of rotatable bonds is 4. The Morgan fingerprint density at radius 2 is 1.80 bits per heavy atom. The Bertz CT molecular complexity index is 1030. The average Bonchev–Trinajstić information content (AvgIpc) is 3.01. The van der Waals surface area contributed by atoms with Crippen LogP contribution in [0, 0.1) is 0 Å². The normalized spacial score (nSPS) is 10.6. The first kappa shape index (κ1) is 17.0. The molecule has 2 heterocycles. The third kappa shape index (κ3) is 2.98. The maximum Gasteiger partial charge on any atom is 0.196 e. The van der Waals surface area contributed by atoms with Crippen LogP contribution in [0.15, 0.2) is 52.9 Å². The van der Waals surface area contributed by atoms with E-state index in [2.05, 4.69) is 15.3 Å². The predicted octanol–water partition coefficient (Wildman–Crippen LogP) is 5.11. The van der Waals surface area contributed by atoms with Gasteiger partial charge in [0.2, 0.25) is 0 Å². The molecule has 6 heteroatoms. The van der Waals surface area contributed by atoms with Gasteiger partial charge in [0.25, 0.3) is 0 Å². The molecular weight excluding hydrogens is 338 g/mol. The first-order valence-corrected chi connectivity index (χ1v) is 7.88. The Labute approximate surface area is 151 Å². The third-order valence-electron chi connectivity index (χ3n) is 3.94. The summed E-state index contributed by atoms with van der Waals surface area (Å²) in [7, 11) is 1.65. The van der Waals surface area contributed by atoms with Crippen LogP contribution >= 0.6 is 12.4 Å². The predicted molar refractivity (Wildman–Crippen MR) is 102 cm³/mol. The molecule has 0 aliphatic carbocycles. The van der Waals surface area contributed by atoms with Crippen molar-refractivity contribution in [2.24, 2.45) is 0 Å². The fourth-order valence-electron chi connectivity index (χ4n) is 2.76. The average molecular weight is 356 g/mol. The highest BCUT2D eigenvalue weighted by Crippen LogP contribution is 2.34. The number of halogens is 1. The summed E-state index contributed by atoms with van der Waals surface area (Å²) in [6.07, 6.45) is 0.746. The molecule has 2 aromatic carbocycles. The summed E-state index contributed by atoms with van der Waals surface area (Å²) >= 11 is 0. The van der Waals surface area contributed by atoms with Gasteiger partial charge >= 0.3 is 0 Å². The van der Waals surface area contributed by atoms with E-state index in [-0.39, 0.29) is 12.4 Å². The molecule has 2 aromatic heterocycles. The Kier molecular flexibility index (Phi) is 4.76. The topological polar surface area (TPSA) is 60.2 Å². The zero-order valence-electron chi connectivity index (χ0n) is 13.9. The van der Waals surface area contributed by atoms with Crippen LogP contribution in [0.1, 0.15) is 12.7 Å². The van der Waals surface area contributed by atoms with Crippen molar-refractivity contribution in [3.63, 3.8) is 0 Å². The number of nitrogens with zero attached hydrogens (tertiary/aromatic N) is 2. The van der Waals surface area contributed by atoms with Gasteiger partial charge in [-0.3, -0.25) is 0 Å². The summed E-state index contributed by atoms with van der Waals surface area (Å²) in [5, 5.41) is 4.33. The molecule has 4 rings (SSSR count). The molecule has 4 aromatic rings. The molecule has 0 saturated carbocycles. The van der Waals surface area contributed by atoms with Crippen molar-refractivity contribution in [1.82, 2.24) is 9.97 Å². The highest BCUT2D eigenvalue weighted by atomic mass is 35.5. The minimum atomic E-state index is 0. The minimum Gasteiger partial charge on any atom is -0.495 e. The Hall–Kier alpha value is -2.79. The van der Waals surface area contributed by atoms with E-state index in [1.165, 1.54) is 0 Å². The molecule has 0 spiro atoms. The molecule has 128 valence electrons. The van der Waals surface area contributed by atoms with Crippen molar-refractivity contribution >= 4 is 46.0 Å². The van der Waals surface area contributed by atoms with Gasteiger partial charge < -0.3 is 14.5 Å². The summed E-state index contributed by atoms with van der Waals surface area (Å²) in [6, 6.07) is 15.6. The van der Waals surface area contributed by atoms with Crippen molar-refractivity contribution < 1.29 is 9.15 Å². The largest absolute Gasteiger partial charge is 0.495 e. The second-order valence-corrected chi connectivity index (χ2v) is 5.44. The van der Waals surface area contributed by atoms with Gasteiger partial charge in [0.05, 0.1) is 12.8 Å². The number of aryl methyl sites for hydroxylation is 1. The minimum absolute atomic E-state index is 0. The highest BCUT2D eigenvalue weighted by Gasteiger charge is 2.16. The monoisotopic (exact) mass is 355 g/mol. The van der Waals surface area contributed by atoms with Crippen LogP contribution in [-0.4, -0.2) is 17.1 Å². The lowest BCUT2D eigenvalue weighted by Gasteiger charge is -2.11. The second kappa shape index (κ2) is 6.99. The molecule has 25 heavy (non-hydrogen) atoms. The zero-order chi connectivity index (χ0) is 16.5. The number of ether oxygens (including phenoxy) is 1. The van der Waals surface area contributed by atoms with Crippen molar-refractivity contribution in [1.29, 1.82) is 0 Å². The van der Waals surface area contributed by atoms with Crippen molar-refractivity contribution in [3.05, 3.63) is 54.4 Å². The van der Waals surface area contributed by atoms with Crippen molar-refractivity contribution in [2.75, 3.05) is 12.4 Å². The van der Waals surface area contributed by atoms with Gasteiger partial charge in [-0.15, -0.1) is 12.4 Å². The SMILES string of the molecule is CCc1nc(Nc2ccccc2OC)c2oc3ccccc3c2n1.Cl. The number of hydrogen-bond acceptors (Lipinski definition) is 5. The Balaban J connectivity index is 0.00000182. The molecule has 0 aliphatic rings. The van der Waals surface area contributed by atoms with E-state index in [1.54, 1.807) is 7.11 Å². The summed E-state index contributed by atoms with van der Waals surface area (Å²) in [4.78, 5) is 9.26. The van der Waals surface area contributed by atoms with Gasteiger partial charge in [-0.25, -0.2) is 9.97 Å². The van der Waals surface area contributed by atoms with E-state index >= 15 is 0 Å². The van der Waals surface area contributed by atoms with Crippen LogP contribution in [0.5, 0.6) is 5.75 Å². The van der Waals surface area contributed by atoms with Gasteiger partial charge in [0, 0.05) is 11.8 Å². The number of para-hydroxylation sites is 3. The molecule has 0 atom stereocenters. The third-order valence-corrected chi connectivity index (χ3v) is 3.94. The number of nitrogens with one attached hydrogen (secondary N) is 1. The maximum absolute atomic E-state index is 6.00. The van der Waals surface area contributed by atoms with Crippen LogP contribution < -0.4 is 10.1 Å². The van der Waals surface area contributed by atoms with E-state index in [9.17, 15) is 0 Å².